The second-order valence-corrected chi connectivity index (χ2v) is 8.98. The normalized spacial score (nSPS) is 11.9. The van der Waals surface area contributed by atoms with Gasteiger partial charge in [0, 0.05) is 27.9 Å². The van der Waals surface area contributed by atoms with Gasteiger partial charge in [-0.05, 0) is 46.5 Å². The van der Waals surface area contributed by atoms with E-state index in [2.05, 4.69) is 115 Å². The van der Waals surface area contributed by atoms with E-state index >= 15 is 0 Å². The molecule has 0 atom stereocenters. The number of hydrogen-bond acceptors (Lipinski definition) is 1. The van der Waals surface area contributed by atoms with E-state index in [0.29, 0.717) is 0 Å². The molecule has 2 nitrogen and oxygen atoms in total. The van der Waals surface area contributed by atoms with Crippen LogP contribution >= 0.6 is 0 Å². The predicted octanol–water partition coefficient (Wildman–Crippen LogP) is 8.23. The molecule has 0 radical (unpaired) electrons. The lowest BCUT2D eigenvalue weighted by Gasteiger charge is -2.12. The van der Waals surface area contributed by atoms with Crippen molar-refractivity contribution in [2.24, 2.45) is 0 Å². The van der Waals surface area contributed by atoms with E-state index < -0.39 is 0 Å². The molecule has 2 aromatic heterocycles. The summed E-state index contributed by atoms with van der Waals surface area (Å²) in [6.07, 6.45) is 2.23. The molecule has 7 aromatic rings. The van der Waals surface area contributed by atoms with Crippen molar-refractivity contribution in [3.63, 3.8) is 0 Å². The summed E-state index contributed by atoms with van der Waals surface area (Å²) in [6.45, 7) is 4.34. The third-order valence-electron chi connectivity index (χ3n) is 7.04. The predicted molar refractivity (Wildman–Crippen MR) is 140 cm³/mol. The number of benzene rings is 5. The fraction of sp³-hybridized carbons (Fsp3) is 0.0645. The minimum atomic E-state index is 1.01. The third-order valence-corrected chi connectivity index (χ3v) is 7.04. The van der Waals surface area contributed by atoms with Crippen molar-refractivity contribution in [3.05, 3.63) is 108 Å². The number of rotatable bonds is 1. The maximum Gasteiger partial charge on any atom is 0.145 e. The molecule has 2 heterocycles. The highest BCUT2D eigenvalue weighted by molar-refractivity contribution is 6.23. The molecule has 0 spiro atoms. The monoisotopic (exact) mass is 422 g/mol. The largest absolute Gasteiger partial charge is 0.298 e. The first kappa shape index (κ1) is 18.4. The Balaban J connectivity index is 1.73. The Labute approximate surface area is 191 Å². The van der Waals surface area contributed by atoms with Crippen LogP contribution in [0.1, 0.15) is 11.1 Å². The van der Waals surface area contributed by atoms with Gasteiger partial charge < -0.3 is 0 Å². The SMILES string of the molecule is Cc1cccc(C)c1-c1cn2c(n1)c1ccccc1c1ccc3c4ccccc4ccc3c12. The minimum absolute atomic E-state index is 1.01. The lowest BCUT2D eigenvalue weighted by atomic mass is 9.97. The van der Waals surface area contributed by atoms with E-state index in [1.54, 1.807) is 0 Å². The van der Waals surface area contributed by atoms with Crippen molar-refractivity contribution in [1.29, 1.82) is 0 Å². The molecule has 156 valence electrons. The Bertz CT molecular complexity index is 1870. The van der Waals surface area contributed by atoms with Gasteiger partial charge in [0.1, 0.15) is 5.65 Å². The van der Waals surface area contributed by atoms with Crippen LogP contribution < -0.4 is 0 Å². The summed E-state index contributed by atoms with van der Waals surface area (Å²) in [5.74, 6) is 0. The number of hydrogen-bond donors (Lipinski definition) is 0. The van der Waals surface area contributed by atoms with Crippen LogP contribution in [0.5, 0.6) is 0 Å². The van der Waals surface area contributed by atoms with Crippen molar-refractivity contribution in [3.8, 4) is 11.3 Å². The summed E-state index contributed by atoms with van der Waals surface area (Å²) in [4.78, 5) is 5.22. The molecule has 7 rings (SSSR count). The summed E-state index contributed by atoms with van der Waals surface area (Å²) < 4.78 is 2.32. The molecule has 0 aliphatic rings. The van der Waals surface area contributed by atoms with Gasteiger partial charge in [0.2, 0.25) is 0 Å². The van der Waals surface area contributed by atoms with Gasteiger partial charge in [-0.1, -0.05) is 91.0 Å². The standard InChI is InChI=1S/C31H22N2/c1-19-8-7-9-20(2)29(19)28-18-33-30-25-15-14-21-10-3-4-11-22(21)24(25)16-17-26(30)23-12-5-6-13-27(23)31(33)32-28/h3-18H,1-2H3. The summed E-state index contributed by atoms with van der Waals surface area (Å²) in [7, 11) is 0. The number of aromatic nitrogens is 2. The van der Waals surface area contributed by atoms with Crippen molar-refractivity contribution >= 4 is 48.9 Å². The Kier molecular flexibility index (Phi) is 3.72. The maximum absolute atomic E-state index is 5.22. The van der Waals surface area contributed by atoms with Crippen molar-refractivity contribution < 1.29 is 0 Å². The van der Waals surface area contributed by atoms with Gasteiger partial charge in [-0.2, -0.15) is 0 Å². The lowest BCUT2D eigenvalue weighted by molar-refractivity contribution is 1.28. The molecule has 0 aliphatic carbocycles. The lowest BCUT2D eigenvalue weighted by Crippen LogP contribution is -1.92. The zero-order valence-corrected chi connectivity index (χ0v) is 18.6. The average molecular weight is 423 g/mol. The first-order chi connectivity index (χ1) is 16.2. The number of pyridine rings is 1. The zero-order valence-electron chi connectivity index (χ0n) is 18.6. The summed E-state index contributed by atoms with van der Waals surface area (Å²) in [5.41, 5.74) is 6.99. The van der Waals surface area contributed by atoms with Crippen LogP contribution in [0.25, 0.3) is 60.1 Å². The molecule has 0 N–H and O–H groups in total. The van der Waals surface area contributed by atoms with Crippen molar-refractivity contribution in [2.75, 3.05) is 0 Å². The van der Waals surface area contributed by atoms with Crippen LogP contribution in [0.4, 0.5) is 0 Å². The highest BCUT2D eigenvalue weighted by atomic mass is 15.0. The number of imidazole rings is 1. The number of fused-ring (bicyclic) bond motifs is 10. The third kappa shape index (κ3) is 2.52. The second kappa shape index (κ2) is 6.66. The minimum Gasteiger partial charge on any atom is -0.298 e. The van der Waals surface area contributed by atoms with Crippen LogP contribution in [0.15, 0.2) is 97.2 Å². The van der Waals surface area contributed by atoms with E-state index in [-0.39, 0.29) is 0 Å². The molecule has 33 heavy (non-hydrogen) atoms. The molecule has 0 aliphatic heterocycles. The molecule has 5 aromatic carbocycles. The van der Waals surface area contributed by atoms with E-state index in [1.165, 1.54) is 59.9 Å². The molecule has 0 saturated carbocycles. The first-order valence-corrected chi connectivity index (χ1v) is 11.4. The van der Waals surface area contributed by atoms with Gasteiger partial charge in [0.05, 0.1) is 11.2 Å². The van der Waals surface area contributed by atoms with Gasteiger partial charge in [0.15, 0.2) is 0 Å². The quantitative estimate of drug-likeness (QED) is 0.244. The summed E-state index contributed by atoms with van der Waals surface area (Å²) in [5, 5.41) is 8.77. The Hall–Kier alpha value is -4.17. The van der Waals surface area contributed by atoms with E-state index in [9.17, 15) is 0 Å². The molecule has 0 bridgehead atoms. The number of nitrogens with zero attached hydrogens (tertiary/aromatic N) is 2. The summed E-state index contributed by atoms with van der Waals surface area (Å²) >= 11 is 0. The Morgan fingerprint density at radius 3 is 1.94 bits per heavy atom. The van der Waals surface area contributed by atoms with Crippen LogP contribution in [-0.4, -0.2) is 9.38 Å². The topological polar surface area (TPSA) is 17.3 Å². The molecule has 0 saturated heterocycles. The van der Waals surface area contributed by atoms with Gasteiger partial charge in [0.25, 0.3) is 0 Å². The van der Waals surface area contributed by atoms with Crippen molar-refractivity contribution in [2.45, 2.75) is 13.8 Å². The smallest absolute Gasteiger partial charge is 0.145 e. The number of aryl methyl sites for hydroxylation is 2. The fourth-order valence-electron chi connectivity index (χ4n) is 5.54. The Morgan fingerprint density at radius 2 is 1.15 bits per heavy atom. The van der Waals surface area contributed by atoms with Gasteiger partial charge in [-0.3, -0.25) is 4.40 Å². The first-order valence-electron chi connectivity index (χ1n) is 11.4. The van der Waals surface area contributed by atoms with Crippen LogP contribution in [0.3, 0.4) is 0 Å². The van der Waals surface area contributed by atoms with Crippen LogP contribution in [-0.2, 0) is 0 Å². The molecule has 2 heteroatoms. The molecular weight excluding hydrogens is 400 g/mol. The fourth-order valence-corrected chi connectivity index (χ4v) is 5.54. The van der Waals surface area contributed by atoms with Gasteiger partial charge in [-0.25, -0.2) is 4.98 Å². The van der Waals surface area contributed by atoms with Crippen LogP contribution in [0, 0.1) is 13.8 Å². The molecule has 0 unspecified atom stereocenters. The molecular formula is C31H22N2. The van der Waals surface area contributed by atoms with Crippen molar-refractivity contribution in [1.82, 2.24) is 9.38 Å². The zero-order chi connectivity index (χ0) is 22.1. The second-order valence-electron chi connectivity index (χ2n) is 8.98. The van der Waals surface area contributed by atoms with E-state index in [1.807, 2.05) is 0 Å². The van der Waals surface area contributed by atoms with E-state index in [4.69, 9.17) is 4.98 Å². The van der Waals surface area contributed by atoms with E-state index in [0.717, 1.165) is 11.3 Å². The highest BCUT2D eigenvalue weighted by Gasteiger charge is 2.17. The Morgan fingerprint density at radius 1 is 0.545 bits per heavy atom. The highest BCUT2D eigenvalue weighted by Crippen LogP contribution is 2.38. The molecule has 0 amide bonds. The summed E-state index contributed by atoms with van der Waals surface area (Å²) in [6, 6.07) is 32.8. The van der Waals surface area contributed by atoms with Gasteiger partial charge >= 0.3 is 0 Å². The average Bonchev–Trinajstić information content (AvgIpc) is 3.28. The van der Waals surface area contributed by atoms with Gasteiger partial charge in [-0.15, -0.1) is 0 Å². The maximum atomic E-state index is 5.22. The van der Waals surface area contributed by atoms with Crippen LogP contribution in [0.2, 0.25) is 0 Å². The molecule has 0 fully saturated rings.